The zero-order valence-corrected chi connectivity index (χ0v) is 10.2. The van der Waals surface area contributed by atoms with Crippen molar-refractivity contribution in [2.24, 2.45) is 7.05 Å². The number of rotatable bonds is 2. The van der Waals surface area contributed by atoms with Gasteiger partial charge >= 0.3 is 0 Å². The van der Waals surface area contributed by atoms with Crippen LogP contribution in [0.2, 0.25) is 5.02 Å². The molecule has 0 saturated heterocycles. The Morgan fingerprint density at radius 1 is 1.53 bits per heavy atom. The Morgan fingerprint density at radius 3 is 2.88 bits per heavy atom. The zero-order valence-electron chi connectivity index (χ0n) is 9.44. The molecule has 0 aromatic carbocycles. The first-order chi connectivity index (χ1) is 8.08. The van der Waals surface area contributed by atoms with E-state index in [0.29, 0.717) is 16.4 Å². The maximum atomic E-state index is 11.9. The summed E-state index contributed by atoms with van der Waals surface area (Å²) < 4.78 is 1.59. The normalized spacial score (nSPS) is 10.3. The average molecular weight is 251 g/mol. The summed E-state index contributed by atoms with van der Waals surface area (Å²) in [5.74, 6) is 0.318. The van der Waals surface area contributed by atoms with E-state index in [0.717, 1.165) is 5.69 Å². The van der Waals surface area contributed by atoms with Crippen molar-refractivity contribution in [1.29, 1.82) is 0 Å². The van der Waals surface area contributed by atoms with Gasteiger partial charge in [-0.25, -0.2) is 0 Å². The van der Waals surface area contributed by atoms with E-state index < -0.39 is 0 Å². The number of anilines is 1. The lowest BCUT2D eigenvalue weighted by Crippen LogP contribution is -2.15. The summed E-state index contributed by atoms with van der Waals surface area (Å²) in [5, 5.41) is 7.23. The highest BCUT2D eigenvalue weighted by molar-refractivity contribution is 6.34. The fourth-order valence-corrected chi connectivity index (χ4v) is 1.65. The van der Waals surface area contributed by atoms with Crippen LogP contribution in [0.3, 0.4) is 0 Å². The Kier molecular flexibility index (Phi) is 3.10. The van der Waals surface area contributed by atoms with E-state index in [4.69, 9.17) is 11.6 Å². The second-order valence-electron chi connectivity index (χ2n) is 3.60. The van der Waals surface area contributed by atoms with Crippen molar-refractivity contribution >= 4 is 23.3 Å². The first kappa shape index (κ1) is 11.6. The van der Waals surface area contributed by atoms with Gasteiger partial charge in [0.1, 0.15) is 5.82 Å². The summed E-state index contributed by atoms with van der Waals surface area (Å²) in [7, 11) is 1.76. The number of carbonyl (C=O) groups is 1. The van der Waals surface area contributed by atoms with Gasteiger partial charge in [-0.3, -0.25) is 14.5 Å². The Balaban J connectivity index is 2.23. The number of pyridine rings is 1. The molecule has 0 fully saturated rings. The molecule has 0 saturated carbocycles. The highest BCUT2D eigenvalue weighted by Gasteiger charge is 2.12. The van der Waals surface area contributed by atoms with E-state index in [-0.39, 0.29) is 5.91 Å². The number of hydrogen-bond donors (Lipinski definition) is 1. The third-order valence-corrected chi connectivity index (χ3v) is 2.59. The molecule has 0 radical (unpaired) electrons. The zero-order chi connectivity index (χ0) is 12.4. The van der Waals surface area contributed by atoms with Gasteiger partial charge in [-0.1, -0.05) is 11.6 Å². The Hall–Kier alpha value is -1.88. The molecule has 1 amide bonds. The number of aromatic nitrogens is 3. The van der Waals surface area contributed by atoms with Gasteiger partial charge in [-0.2, -0.15) is 5.10 Å². The van der Waals surface area contributed by atoms with Crippen LogP contribution < -0.4 is 5.32 Å². The second-order valence-corrected chi connectivity index (χ2v) is 4.01. The predicted octanol–water partition coefficient (Wildman–Crippen LogP) is 2.03. The molecular formula is C11H11ClN4O. The summed E-state index contributed by atoms with van der Waals surface area (Å²) in [6.07, 6.45) is 2.97. The van der Waals surface area contributed by atoms with Gasteiger partial charge in [0.2, 0.25) is 0 Å². The number of amides is 1. The third kappa shape index (κ3) is 2.45. The van der Waals surface area contributed by atoms with Crippen molar-refractivity contribution in [1.82, 2.24) is 14.8 Å². The van der Waals surface area contributed by atoms with Crippen molar-refractivity contribution < 1.29 is 4.79 Å². The van der Waals surface area contributed by atoms with Crippen molar-refractivity contribution in [3.8, 4) is 0 Å². The molecule has 2 aromatic heterocycles. The minimum Gasteiger partial charge on any atom is -0.307 e. The van der Waals surface area contributed by atoms with Gasteiger partial charge in [-0.15, -0.1) is 0 Å². The van der Waals surface area contributed by atoms with Gasteiger partial charge in [0, 0.05) is 25.5 Å². The largest absolute Gasteiger partial charge is 0.307 e. The summed E-state index contributed by atoms with van der Waals surface area (Å²) in [5.41, 5.74) is 1.17. The molecule has 0 aliphatic rings. The molecule has 2 rings (SSSR count). The molecule has 0 unspecified atom stereocenters. The van der Waals surface area contributed by atoms with Crippen molar-refractivity contribution in [2.75, 3.05) is 5.32 Å². The fraction of sp³-hybridized carbons (Fsp3) is 0.182. The van der Waals surface area contributed by atoms with Crippen LogP contribution in [0, 0.1) is 6.92 Å². The number of nitrogens with one attached hydrogen (secondary N) is 1. The fourth-order valence-electron chi connectivity index (χ4n) is 1.46. The summed E-state index contributed by atoms with van der Waals surface area (Å²) in [4.78, 5) is 15.8. The Morgan fingerprint density at radius 2 is 2.29 bits per heavy atom. The number of halogens is 1. The van der Waals surface area contributed by atoms with Crippen LogP contribution in [-0.2, 0) is 7.05 Å². The van der Waals surface area contributed by atoms with E-state index in [1.54, 1.807) is 23.9 Å². The maximum Gasteiger partial charge on any atom is 0.259 e. The monoisotopic (exact) mass is 250 g/mol. The van der Waals surface area contributed by atoms with E-state index in [2.05, 4.69) is 15.4 Å². The number of aryl methyl sites for hydroxylation is 2. The van der Waals surface area contributed by atoms with Crippen LogP contribution in [0.25, 0.3) is 0 Å². The Labute approximate surface area is 103 Å². The minimum absolute atomic E-state index is 0.300. The van der Waals surface area contributed by atoms with Crippen molar-refractivity contribution in [3.63, 3.8) is 0 Å². The van der Waals surface area contributed by atoms with Crippen molar-refractivity contribution in [3.05, 3.63) is 40.8 Å². The quantitative estimate of drug-likeness (QED) is 0.887. The molecule has 17 heavy (non-hydrogen) atoms. The topological polar surface area (TPSA) is 59.8 Å². The van der Waals surface area contributed by atoms with E-state index in [1.807, 2.05) is 6.92 Å². The molecule has 1 N–H and O–H groups in total. The standard InChI is InChI=1S/C11H11ClN4O/c1-7-5-10(16(2)15-7)14-11(17)8-6-13-4-3-9(8)12/h3-6H,1-2H3,(H,14,17). The first-order valence-corrected chi connectivity index (χ1v) is 5.37. The molecule has 2 aromatic rings. The highest BCUT2D eigenvalue weighted by Crippen LogP contribution is 2.16. The van der Waals surface area contributed by atoms with Crippen LogP contribution in [0.4, 0.5) is 5.82 Å². The smallest absolute Gasteiger partial charge is 0.259 e. The SMILES string of the molecule is Cc1cc(NC(=O)c2cnccc2Cl)n(C)n1. The molecule has 0 spiro atoms. The molecule has 0 aliphatic heterocycles. The molecule has 6 heteroatoms. The highest BCUT2D eigenvalue weighted by atomic mass is 35.5. The molecule has 0 atom stereocenters. The van der Waals surface area contributed by atoms with E-state index in [1.165, 1.54) is 12.4 Å². The lowest BCUT2D eigenvalue weighted by Gasteiger charge is -2.05. The van der Waals surface area contributed by atoms with Crippen LogP contribution >= 0.6 is 11.6 Å². The maximum absolute atomic E-state index is 11.9. The predicted molar refractivity (Wildman–Crippen MR) is 65.1 cm³/mol. The number of nitrogens with zero attached hydrogens (tertiary/aromatic N) is 3. The minimum atomic E-state index is -0.300. The average Bonchev–Trinajstić information content (AvgIpc) is 2.58. The number of carbonyl (C=O) groups excluding carboxylic acids is 1. The molecule has 5 nitrogen and oxygen atoms in total. The molecule has 2 heterocycles. The molecular weight excluding hydrogens is 240 g/mol. The van der Waals surface area contributed by atoms with Crippen LogP contribution in [0.15, 0.2) is 24.5 Å². The third-order valence-electron chi connectivity index (χ3n) is 2.26. The summed E-state index contributed by atoms with van der Waals surface area (Å²) in [6, 6.07) is 3.35. The van der Waals surface area contributed by atoms with Crippen LogP contribution in [0.1, 0.15) is 16.1 Å². The van der Waals surface area contributed by atoms with Gasteiger partial charge in [-0.05, 0) is 13.0 Å². The lowest BCUT2D eigenvalue weighted by molar-refractivity contribution is 0.102. The van der Waals surface area contributed by atoms with Gasteiger partial charge < -0.3 is 5.32 Å². The van der Waals surface area contributed by atoms with Gasteiger partial charge in [0.15, 0.2) is 0 Å². The lowest BCUT2D eigenvalue weighted by atomic mass is 10.2. The van der Waals surface area contributed by atoms with Crippen molar-refractivity contribution in [2.45, 2.75) is 6.92 Å². The molecule has 88 valence electrons. The number of hydrogen-bond acceptors (Lipinski definition) is 3. The second kappa shape index (κ2) is 4.55. The van der Waals surface area contributed by atoms with Crippen LogP contribution in [0.5, 0.6) is 0 Å². The first-order valence-electron chi connectivity index (χ1n) is 4.99. The molecule has 0 aliphatic carbocycles. The molecule has 0 bridgehead atoms. The summed E-state index contributed by atoms with van der Waals surface area (Å²) in [6.45, 7) is 1.85. The van der Waals surface area contributed by atoms with E-state index >= 15 is 0 Å². The Bertz CT molecular complexity index is 564. The summed E-state index contributed by atoms with van der Waals surface area (Å²) >= 11 is 5.91. The van der Waals surface area contributed by atoms with E-state index in [9.17, 15) is 4.79 Å². The van der Waals surface area contributed by atoms with Crippen LogP contribution in [-0.4, -0.2) is 20.7 Å². The van der Waals surface area contributed by atoms with Gasteiger partial charge in [0.25, 0.3) is 5.91 Å². The van der Waals surface area contributed by atoms with Gasteiger partial charge in [0.05, 0.1) is 16.3 Å².